The normalized spacial score (nSPS) is 11.3. The molecule has 1 N–H and O–H groups in total. The summed E-state index contributed by atoms with van der Waals surface area (Å²) >= 11 is 0. The molecule has 0 saturated carbocycles. The van der Waals surface area contributed by atoms with E-state index in [4.69, 9.17) is 0 Å². The molecule has 18 heavy (non-hydrogen) atoms. The minimum absolute atomic E-state index is 0.209. The van der Waals surface area contributed by atoms with E-state index in [2.05, 4.69) is 27.7 Å². The van der Waals surface area contributed by atoms with Crippen molar-refractivity contribution in [3.63, 3.8) is 0 Å². The molecule has 0 spiro atoms. The Balaban J connectivity index is 3.16. The van der Waals surface area contributed by atoms with Gasteiger partial charge in [-0.15, -0.1) is 0 Å². The van der Waals surface area contributed by atoms with Gasteiger partial charge in [0.25, 0.3) is 0 Å². The molecule has 0 aliphatic heterocycles. The van der Waals surface area contributed by atoms with E-state index < -0.39 is 0 Å². The summed E-state index contributed by atoms with van der Waals surface area (Å²) in [6, 6.07) is 4.07. The number of rotatable bonds is 5. The summed E-state index contributed by atoms with van der Waals surface area (Å²) in [5, 5.41) is 10.3. The number of aryl methyl sites for hydroxylation is 1. The van der Waals surface area contributed by atoms with Crippen molar-refractivity contribution in [3.05, 3.63) is 28.8 Å². The minimum Gasteiger partial charge on any atom is -0.507 e. The molecule has 0 bridgehead atoms. The standard InChI is InChI=1S/C16H24O2/c1-10(2)14-8-13(7-6-12(5)17)9-15(11(3)4)16(14)18/h8-11,18H,6-7H2,1-5H3. The Kier molecular flexibility index (Phi) is 4.94. The molecule has 1 aromatic carbocycles. The predicted molar refractivity (Wildman–Crippen MR) is 75.3 cm³/mol. The number of ketones is 1. The maximum absolute atomic E-state index is 11.1. The summed E-state index contributed by atoms with van der Waals surface area (Å²) in [7, 11) is 0. The molecule has 0 atom stereocenters. The molecule has 0 aliphatic carbocycles. The van der Waals surface area contributed by atoms with Crippen LogP contribution in [0.2, 0.25) is 0 Å². The second-order valence-corrected chi connectivity index (χ2v) is 5.63. The number of phenols is 1. The van der Waals surface area contributed by atoms with Crippen molar-refractivity contribution in [2.24, 2.45) is 0 Å². The number of benzene rings is 1. The number of carbonyl (C=O) groups excluding carboxylic acids is 1. The number of hydrogen-bond donors (Lipinski definition) is 1. The Morgan fingerprint density at radius 3 is 1.89 bits per heavy atom. The van der Waals surface area contributed by atoms with Gasteiger partial charge in [-0.3, -0.25) is 0 Å². The van der Waals surface area contributed by atoms with Crippen molar-refractivity contribution in [1.82, 2.24) is 0 Å². The van der Waals surface area contributed by atoms with Gasteiger partial charge in [0.05, 0.1) is 0 Å². The van der Waals surface area contributed by atoms with Crippen molar-refractivity contribution in [3.8, 4) is 5.75 Å². The topological polar surface area (TPSA) is 37.3 Å². The zero-order chi connectivity index (χ0) is 13.9. The van der Waals surface area contributed by atoms with E-state index >= 15 is 0 Å². The molecular formula is C16H24O2. The van der Waals surface area contributed by atoms with Crippen LogP contribution >= 0.6 is 0 Å². The lowest BCUT2D eigenvalue weighted by Gasteiger charge is -2.17. The third-order valence-electron chi connectivity index (χ3n) is 3.24. The van der Waals surface area contributed by atoms with E-state index in [0.717, 1.165) is 23.1 Å². The minimum atomic E-state index is 0.209. The fourth-order valence-electron chi connectivity index (χ4n) is 2.09. The highest BCUT2D eigenvalue weighted by Crippen LogP contribution is 2.35. The maximum Gasteiger partial charge on any atom is 0.130 e. The summed E-state index contributed by atoms with van der Waals surface area (Å²) in [4.78, 5) is 11.1. The number of aromatic hydroxyl groups is 1. The lowest BCUT2D eigenvalue weighted by atomic mass is 9.90. The first-order chi connectivity index (χ1) is 8.32. The van der Waals surface area contributed by atoms with E-state index in [1.54, 1.807) is 6.92 Å². The smallest absolute Gasteiger partial charge is 0.130 e. The Bertz CT molecular complexity index is 402. The highest BCUT2D eigenvalue weighted by Gasteiger charge is 2.15. The lowest BCUT2D eigenvalue weighted by molar-refractivity contribution is -0.116. The third-order valence-corrected chi connectivity index (χ3v) is 3.24. The summed E-state index contributed by atoms with van der Waals surface area (Å²) in [6.07, 6.45) is 1.33. The van der Waals surface area contributed by atoms with Crippen LogP contribution in [0, 0.1) is 0 Å². The Morgan fingerprint density at radius 2 is 1.56 bits per heavy atom. The van der Waals surface area contributed by atoms with Gasteiger partial charge in [0.15, 0.2) is 0 Å². The van der Waals surface area contributed by atoms with Gasteiger partial charge in [-0.1, -0.05) is 39.8 Å². The van der Waals surface area contributed by atoms with Crippen LogP contribution in [0.5, 0.6) is 5.75 Å². The molecule has 1 rings (SSSR count). The van der Waals surface area contributed by atoms with Gasteiger partial charge in [-0.25, -0.2) is 0 Å². The summed E-state index contributed by atoms with van der Waals surface area (Å²) in [6.45, 7) is 9.93. The van der Waals surface area contributed by atoms with Crippen molar-refractivity contribution in [1.29, 1.82) is 0 Å². The predicted octanol–water partition coefficient (Wildman–Crippen LogP) is 4.16. The number of carbonyl (C=O) groups is 1. The van der Waals surface area contributed by atoms with Gasteiger partial charge in [0, 0.05) is 6.42 Å². The Labute approximate surface area is 110 Å². The molecule has 0 amide bonds. The van der Waals surface area contributed by atoms with Crippen LogP contribution < -0.4 is 0 Å². The molecule has 0 aliphatic rings. The SMILES string of the molecule is CC(=O)CCc1cc(C(C)C)c(O)c(C(C)C)c1. The molecule has 0 aromatic heterocycles. The van der Waals surface area contributed by atoms with Crippen molar-refractivity contribution >= 4 is 5.78 Å². The van der Waals surface area contributed by atoms with Gasteiger partial charge in [0.1, 0.15) is 11.5 Å². The first-order valence-electron chi connectivity index (χ1n) is 6.68. The highest BCUT2D eigenvalue weighted by molar-refractivity contribution is 5.75. The van der Waals surface area contributed by atoms with Gasteiger partial charge in [-0.2, -0.15) is 0 Å². The Morgan fingerprint density at radius 1 is 1.11 bits per heavy atom. The fraction of sp³-hybridized carbons (Fsp3) is 0.562. The van der Waals surface area contributed by atoms with Crippen molar-refractivity contribution in [2.45, 2.75) is 59.3 Å². The second kappa shape index (κ2) is 6.03. The van der Waals surface area contributed by atoms with Crippen LogP contribution in [0.1, 0.15) is 69.6 Å². The number of hydrogen-bond acceptors (Lipinski definition) is 2. The average molecular weight is 248 g/mol. The van der Waals surface area contributed by atoms with Crippen LogP contribution in [0.25, 0.3) is 0 Å². The second-order valence-electron chi connectivity index (χ2n) is 5.63. The zero-order valence-corrected chi connectivity index (χ0v) is 12.1. The molecule has 2 heteroatoms. The largest absolute Gasteiger partial charge is 0.507 e. The van der Waals surface area contributed by atoms with Crippen molar-refractivity contribution in [2.75, 3.05) is 0 Å². The van der Waals surface area contributed by atoms with E-state index in [0.29, 0.717) is 24.0 Å². The van der Waals surface area contributed by atoms with Crippen LogP contribution in [-0.2, 0) is 11.2 Å². The molecule has 2 nitrogen and oxygen atoms in total. The molecule has 0 radical (unpaired) electrons. The third kappa shape index (κ3) is 3.59. The van der Waals surface area contributed by atoms with Gasteiger partial charge >= 0.3 is 0 Å². The summed E-state index contributed by atoms with van der Waals surface area (Å²) < 4.78 is 0. The molecule has 0 unspecified atom stereocenters. The first kappa shape index (κ1) is 14.7. The average Bonchev–Trinajstić information content (AvgIpc) is 2.26. The molecule has 1 aromatic rings. The quantitative estimate of drug-likeness (QED) is 0.849. The summed E-state index contributed by atoms with van der Waals surface area (Å²) in [5.74, 6) is 1.21. The van der Waals surface area contributed by atoms with E-state index in [1.165, 1.54) is 0 Å². The van der Waals surface area contributed by atoms with Crippen LogP contribution in [0.15, 0.2) is 12.1 Å². The monoisotopic (exact) mass is 248 g/mol. The number of Topliss-reactive ketones (excluding diaryl/α,β-unsaturated/α-hetero) is 1. The molecule has 100 valence electrons. The van der Waals surface area contributed by atoms with Crippen molar-refractivity contribution < 1.29 is 9.90 Å². The van der Waals surface area contributed by atoms with Crippen LogP contribution in [0.3, 0.4) is 0 Å². The fourth-order valence-corrected chi connectivity index (χ4v) is 2.09. The first-order valence-corrected chi connectivity index (χ1v) is 6.68. The lowest BCUT2D eigenvalue weighted by Crippen LogP contribution is -2.00. The van der Waals surface area contributed by atoms with Gasteiger partial charge in [0.2, 0.25) is 0 Å². The number of phenolic OH excluding ortho intramolecular Hbond substituents is 1. The van der Waals surface area contributed by atoms with Gasteiger partial charge < -0.3 is 9.90 Å². The van der Waals surface area contributed by atoms with Gasteiger partial charge in [-0.05, 0) is 41.9 Å². The highest BCUT2D eigenvalue weighted by atomic mass is 16.3. The summed E-state index contributed by atoms with van der Waals surface area (Å²) in [5.41, 5.74) is 3.12. The van der Waals surface area contributed by atoms with E-state index in [9.17, 15) is 9.90 Å². The molecule has 0 heterocycles. The zero-order valence-electron chi connectivity index (χ0n) is 12.1. The van der Waals surface area contributed by atoms with Crippen LogP contribution in [-0.4, -0.2) is 10.9 Å². The maximum atomic E-state index is 11.1. The molecule has 0 saturated heterocycles. The van der Waals surface area contributed by atoms with Crippen LogP contribution in [0.4, 0.5) is 0 Å². The van der Waals surface area contributed by atoms with E-state index in [1.807, 2.05) is 12.1 Å². The Hall–Kier alpha value is -1.31. The molecular weight excluding hydrogens is 224 g/mol. The molecule has 0 fully saturated rings. The van der Waals surface area contributed by atoms with E-state index in [-0.39, 0.29) is 5.78 Å².